The van der Waals surface area contributed by atoms with E-state index in [2.05, 4.69) is 6.92 Å². The zero-order valence-corrected chi connectivity index (χ0v) is 18.4. The zero-order chi connectivity index (χ0) is 21.4. The predicted molar refractivity (Wildman–Crippen MR) is 122 cm³/mol. The smallest absolute Gasteiger partial charge is 0.311 e. The van der Waals surface area contributed by atoms with Crippen LogP contribution >= 0.6 is 0 Å². The number of ether oxygens (including phenoxy) is 2. The quantitative estimate of drug-likeness (QED) is 0.180. The first-order valence-electron chi connectivity index (χ1n) is 11.5. The molecular formula is C26H36O4. The van der Waals surface area contributed by atoms with Crippen molar-refractivity contribution in [2.45, 2.75) is 84.0 Å². The number of unbranched alkanes of at least 4 members (excludes halogenated alkanes) is 8. The largest absolute Gasteiger partial charge is 0.466 e. The fourth-order valence-electron chi connectivity index (χ4n) is 3.49. The van der Waals surface area contributed by atoms with Crippen LogP contribution in [0.25, 0.3) is 10.8 Å². The maximum absolute atomic E-state index is 12.1. The first kappa shape index (κ1) is 23.9. The summed E-state index contributed by atoms with van der Waals surface area (Å²) in [5.41, 5.74) is 0. The number of carbonyl (C=O) groups excluding carboxylic acids is 2. The molecule has 4 nitrogen and oxygen atoms in total. The van der Waals surface area contributed by atoms with E-state index in [0.29, 0.717) is 25.2 Å². The lowest BCUT2D eigenvalue weighted by Gasteiger charge is -2.08. The van der Waals surface area contributed by atoms with E-state index in [1.54, 1.807) is 0 Å². The van der Waals surface area contributed by atoms with Crippen LogP contribution in [-0.4, -0.2) is 18.5 Å². The Hall–Kier alpha value is -2.36. The summed E-state index contributed by atoms with van der Waals surface area (Å²) in [6.07, 6.45) is 11.4. The summed E-state index contributed by atoms with van der Waals surface area (Å²) in [5, 5.41) is 2.04. The minimum atomic E-state index is -0.173. The van der Waals surface area contributed by atoms with Gasteiger partial charge in [0.25, 0.3) is 0 Å². The van der Waals surface area contributed by atoms with Gasteiger partial charge in [-0.25, -0.2) is 0 Å². The summed E-state index contributed by atoms with van der Waals surface area (Å²) in [4.78, 5) is 23.8. The van der Waals surface area contributed by atoms with Crippen molar-refractivity contribution < 1.29 is 19.1 Å². The number of fused-ring (bicyclic) bond motifs is 1. The minimum absolute atomic E-state index is 0.0670. The second-order valence-corrected chi connectivity index (χ2v) is 7.85. The van der Waals surface area contributed by atoms with Gasteiger partial charge in [-0.15, -0.1) is 0 Å². The van der Waals surface area contributed by atoms with Crippen LogP contribution in [0, 0.1) is 0 Å². The highest BCUT2D eigenvalue weighted by Gasteiger charge is 2.08. The molecule has 0 saturated heterocycles. The standard InChI is InChI=1S/C26H36O4/c1-2-3-4-13-21-29-25(27)19-9-7-5-6-8-10-20-26(28)30-24-18-14-16-22-15-11-12-17-23(22)24/h11-12,14-18H,2-10,13,19-21H2,1H3. The van der Waals surface area contributed by atoms with Crippen LogP contribution in [-0.2, 0) is 14.3 Å². The molecule has 164 valence electrons. The Morgan fingerprint density at radius 3 is 2.10 bits per heavy atom. The Kier molecular flexibility index (Phi) is 11.6. The Balaban J connectivity index is 1.48. The molecule has 0 aromatic heterocycles. The van der Waals surface area contributed by atoms with Crippen LogP contribution in [0.1, 0.15) is 84.0 Å². The summed E-state index contributed by atoms with van der Waals surface area (Å²) in [6, 6.07) is 13.7. The SMILES string of the molecule is CCCCCCOC(=O)CCCCCCCCC(=O)Oc1cccc2ccccc12. The lowest BCUT2D eigenvalue weighted by Crippen LogP contribution is -2.07. The molecule has 30 heavy (non-hydrogen) atoms. The van der Waals surface area contributed by atoms with Gasteiger partial charge in [-0.3, -0.25) is 9.59 Å². The molecule has 0 N–H and O–H groups in total. The van der Waals surface area contributed by atoms with Gasteiger partial charge in [0.2, 0.25) is 0 Å². The number of carbonyl (C=O) groups is 2. The molecule has 0 bridgehead atoms. The van der Waals surface area contributed by atoms with Crippen LogP contribution in [0.3, 0.4) is 0 Å². The van der Waals surface area contributed by atoms with Crippen LogP contribution in [0.5, 0.6) is 5.75 Å². The van der Waals surface area contributed by atoms with Gasteiger partial charge in [0.1, 0.15) is 5.75 Å². The van der Waals surface area contributed by atoms with Crippen LogP contribution in [0.2, 0.25) is 0 Å². The molecule has 2 rings (SSSR count). The molecule has 0 unspecified atom stereocenters. The highest BCUT2D eigenvalue weighted by molar-refractivity contribution is 5.90. The third kappa shape index (κ3) is 9.43. The second-order valence-electron chi connectivity index (χ2n) is 7.85. The van der Waals surface area contributed by atoms with E-state index < -0.39 is 0 Å². The first-order valence-corrected chi connectivity index (χ1v) is 11.5. The summed E-state index contributed by atoms with van der Waals surface area (Å²) >= 11 is 0. The van der Waals surface area contributed by atoms with E-state index in [1.807, 2.05) is 42.5 Å². The van der Waals surface area contributed by atoms with Crippen molar-refractivity contribution in [3.05, 3.63) is 42.5 Å². The Morgan fingerprint density at radius 2 is 1.33 bits per heavy atom. The Labute approximate surface area is 181 Å². The first-order chi connectivity index (χ1) is 14.7. The van der Waals surface area contributed by atoms with Crippen LogP contribution in [0.4, 0.5) is 0 Å². The van der Waals surface area contributed by atoms with Crippen molar-refractivity contribution in [2.75, 3.05) is 6.61 Å². The maximum atomic E-state index is 12.1. The summed E-state index contributed by atoms with van der Waals surface area (Å²) in [7, 11) is 0. The molecule has 0 saturated carbocycles. The van der Waals surface area contributed by atoms with Gasteiger partial charge < -0.3 is 9.47 Å². The highest BCUT2D eigenvalue weighted by atomic mass is 16.5. The summed E-state index contributed by atoms with van der Waals surface area (Å²) < 4.78 is 10.8. The lowest BCUT2D eigenvalue weighted by molar-refractivity contribution is -0.144. The van der Waals surface area contributed by atoms with Crippen molar-refractivity contribution in [3.63, 3.8) is 0 Å². The van der Waals surface area contributed by atoms with E-state index >= 15 is 0 Å². The van der Waals surface area contributed by atoms with Gasteiger partial charge in [0.15, 0.2) is 0 Å². The second kappa shape index (κ2) is 14.6. The fourth-order valence-corrected chi connectivity index (χ4v) is 3.49. The van der Waals surface area contributed by atoms with Crippen LogP contribution < -0.4 is 4.74 Å². The number of rotatable bonds is 15. The molecule has 0 amide bonds. The van der Waals surface area contributed by atoms with Gasteiger partial charge in [-0.1, -0.05) is 88.3 Å². The monoisotopic (exact) mass is 412 g/mol. The topological polar surface area (TPSA) is 52.6 Å². The van der Waals surface area contributed by atoms with E-state index in [4.69, 9.17) is 9.47 Å². The Morgan fingerprint density at radius 1 is 0.700 bits per heavy atom. The molecule has 0 aliphatic carbocycles. The minimum Gasteiger partial charge on any atom is -0.466 e. The molecule has 0 heterocycles. The van der Waals surface area contributed by atoms with E-state index in [0.717, 1.165) is 62.1 Å². The molecule has 0 spiro atoms. The molecular weight excluding hydrogens is 376 g/mol. The molecule has 0 atom stereocenters. The van der Waals surface area contributed by atoms with Gasteiger partial charge >= 0.3 is 11.9 Å². The average molecular weight is 413 g/mol. The molecule has 0 radical (unpaired) electrons. The number of esters is 2. The highest BCUT2D eigenvalue weighted by Crippen LogP contribution is 2.25. The van der Waals surface area contributed by atoms with Crippen molar-refractivity contribution in [2.24, 2.45) is 0 Å². The average Bonchev–Trinajstić information content (AvgIpc) is 2.75. The summed E-state index contributed by atoms with van der Waals surface area (Å²) in [5.74, 6) is 0.395. The third-order valence-electron chi connectivity index (χ3n) is 5.25. The normalized spacial score (nSPS) is 10.8. The predicted octanol–water partition coefficient (Wildman–Crippen LogP) is 6.99. The van der Waals surface area contributed by atoms with Crippen molar-refractivity contribution in [1.82, 2.24) is 0 Å². The van der Waals surface area contributed by atoms with Crippen molar-refractivity contribution in [3.8, 4) is 5.75 Å². The van der Waals surface area contributed by atoms with Gasteiger partial charge in [0.05, 0.1) is 6.61 Å². The van der Waals surface area contributed by atoms with E-state index in [-0.39, 0.29) is 11.9 Å². The van der Waals surface area contributed by atoms with Gasteiger partial charge in [-0.05, 0) is 30.7 Å². The molecule has 0 fully saturated rings. The van der Waals surface area contributed by atoms with Crippen LogP contribution in [0.15, 0.2) is 42.5 Å². The third-order valence-corrected chi connectivity index (χ3v) is 5.25. The molecule has 0 aliphatic rings. The maximum Gasteiger partial charge on any atom is 0.311 e. The fraction of sp³-hybridized carbons (Fsp3) is 0.538. The summed E-state index contributed by atoms with van der Waals surface area (Å²) in [6.45, 7) is 2.73. The van der Waals surface area contributed by atoms with Gasteiger partial charge in [0, 0.05) is 18.2 Å². The molecule has 4 heteroatoms. The number of benzene rings is 2. The number of hydrogen-bond donors (Lipinski definition) is 0. The molecule has 2 aromatic rings. The molecule has 0 aliphatic heterocycles. The number of hydrogen-bond acceptors (Lipinski definition) is 4. The zero-order valence-electron chi connectivity index (χ0n) is 18.4. The van der Waals surface area contributed by atoms with E-state index in [9.17, 15) is 9.59 Å². The van der Waals surface area contributed by atoms with Crippen molar-refractivity contribution in [1.29, 1.82) is 0 Å². The van der Waals surface area contributed by atoms with Crippen molar-refractivity contribution >= 4 is 22.7 Å². The van der Waals surface area contributed by atoms with Gasteiger partial charge in [-0.2, -0.15) is 0 Å². The Bertz CT molecular complexity index is 763. The lowest BCUT2D eigenvalue weighted by atomic mass is 10.1. The van der Waals surface area contributed by atoms with E-state index in [1.165, 1.54) is 12.8 Å². The molecule has 2 aromatic carbocycles.